The second-order valence-electron chi connectivity index (χ2n) is 9.58. The van der Waals surface area contributed by atoms with Gasteiger partial charge in [0.2, 0.25) is 0 Å². The number of rotatable bonds is 8. The lowest BCUT2D eigenvalue weighted by molar-refractivity contribution is 0.299. The molecule has 1 aromatic heterocycles. The van der Waals surface area contributed by atoms with Gasteiger partial charge in [-0.25, -0.2) is 4.98 Å². The van der Waals surface area contributed by atoms with Gasteiger partial charge in [0.1, 0.15) is 17.3 Å². The summed E-state index contributed by atoms with van der Waals surface area (Å²) < 4.78 is 6.10. The van der Waals surface area contributed by atoms with Gasteiger partial charge in [-0.05, 0) is 92.2 Å². The molecular formula is C28H33N5O2S. The Kier molecular flexibility index (Phi) is 7.53. The zero-order valence-corrected chi connectivity index (χ0v) is 21.1. The first-order valence-corrected chi connectivity index (χ1v) is 13.0. The first kappa shape index (κ1) is 24.3. The van der Waals surface area contributed by atoms with Gasteiger partial charge in [-0.1, -0.05) is 24.3 Å². The number of pyridine rings is 1. The Labute approximate surface area is 217 Å². The van der Waals surface area contributed by atoms with Gasteiger partial charge >= 0.3 is 0 Å². The van der Waals surface area contributed by atoms with E-state index in [-0.39, 0.29) is 11.7 Å². The number of hydrogen-bond acceptors (Lipinski definition) is 6. The third kappa shape index (κ3) is 5.88. The molecule has 1 saturated carbocycles. The lowest BCUT2D eigenvalue weighted by atomic mass is 9.87. The first-order valence-electron chi connectivity index (χ1n) is 12.6. The second kappa shape index (κ2) is 11.1. The fraction of sp³-hybridized carbons (Fsp3) is 0.357. The van der Waals surface area contributed by atoms with Crippen LogP contribution < -0.4 is 26.4 Å². The van der Waals surface area contributed by atoms with Crippen LogP contribution in [0.5, 0.6) is 11.5 Å². The number of benzene rings is 2. The van der Waals surface area contributed by atoms with E-state index < -0.39 is 0 Å². The van der Waals surface area contributed by atoms with Crippen molar-refractivity contribution in [2.24, 2.45) is 5.92 Å². The lowest BCUT2D eigenvalue weighted by Crippen LogP contribution is -2.31. The maximum Gasteiger partial charge on any atom is 0.171 e. The van der Waals surface area contributed by atoms with E-state index in [1.165, 1.54) is 12.8 Å². The van der Waals surface area contributed by atoms with Crippen LogP contribution in [0.3, 0.4) is 0 Å². The highest BCUT2D eigenvalue weighted by Crippen LogP contribution is 2.41. The van der Waals surface area contributed by atoms with Gasteiger partial charge in [-0.3, -0.25) is 0 Å². The number of nitrogens with two attached hydrogens (primary N) is 1. The number of thiocarbonyl (C=S) groups is 1. The van der Waals surface area contributed by atoms with Crippen LogP contribution in [-0.4, -0.2) is 34.9 Å². The van der Waals surface area contributed by atoms with E-state index in [9.17, 15) is 5.11 Å². The van der Waals surface area contributed by atoms with E-state index in [4.69, 9.17) is 27.7 Å². The molecule has 7 nitrogen and oxygen atoms in total. The SMILES string of the molecule is Nc1nc(-c2c(O)cccc2OCC2CC2)cc(C2CCCNC2)c1CNC(=S)Nc1ccccc1. The molecule has 2 aromatic carbocycles. The van der Waals surface area contributed by atoms with Crippen LogP contribution in [0.25, 0.3) is 11.3 Å². The van der Waals surface area contributed by atoms with Crippen LogP contribution in [-0.2, 0) is 6.54 Å². The van der Waals surface area contributed by atoms with Crippen LogP contribution in [0.2, 0.25) is 0 Å². The number of piperidine rings is 1. The van der Waals surface area contributed by atoms with Gasteiger partial charge in [0.25, 0.3) is 0 Å². The predicted molar refractivity (Wildman–Crippen MR) is 148 cm³/mol. The molecule has 1 aliphatic heterocycles. The molecule has 5 rings (SSSR count). The number of aromatic hydroxyl groups is 1. The number of nitrogens with zero attached hydrogens (tertiary/aromatic N) is 1. The van der Waals surface area contributed by atoms with Crippen LogP contribution in [0.15, 0.2) is 54.6 Å². The largest absolute Gasteiger partial charge is 0.507 e. The minimum absolute atomic E-state index is 0.141. The molecule has 1 atom stereocenters. The summed E-state index contributed by atoms with van der Waals surface area (Å²) in [7, 11) is 0. The molecule has 2 fully saturated rings. The molecule has 0 amide bonds. The average molecular weight is 504 g/mol. The van der Waals surface area contributed by atoms with Gasteiger partial charge in [0.15, 0.2) is 5.11 Å². The summed E-state index contributed by atoms with van der Waals surface area (Å²) in [4.78, 5) is 4.74. The summed E-state index contributed by atoms with van der Waals surface area (Å²) in [5.41, 5.74) is 10.8. The van der Waals surface area contributed by atoms with E-state index in [1.54, 1.807) is 12.1 Å². The van der Waals surface area contributed by atoms with Crippen molar-refractivity contribution in [3.8, 4) is 22.8 Å². The fourth-order valence-corrected chi connectivity index (χ4v) is 4.86. The highest BCUT2D eigenvalue weighted by Gasteiger charge is 2.26. The monoisotopic (exact) mass is 503 g/mol. The Bertz CT molecular complexity index is 1210. The van der Waals surface area contributed by atoms with Crippen molar-refractivity contribution in [1.29, 1.82) is 0 Å². The number of phenolic OH excluding ortho intramolecular Hbond substituents is 1. The maximum atomic E-state index is 10.8. The quantitative estimate of drug-likeness (QED) is 0.280. The highest BCUT2D eigenvalue weighted by molar-refractivity contribution is 7.80. The Morgan fingerprint density at radius 2 is 1.97 bits per heavy atom. The van der Waals surface area contributed by atoms with Crippen molar-refractivity contribution in [2.45, 2.75) is 38.1 Å². The van der Waals surface area contributed by atoms with E-state index in [1.807, 2.05) is 36.4 Å². The van der Waals surface area contributed by atoms with Crippen LogP contribution in [0.4, 0.5) is 11.5 Å². The number of nitrogens with one attached hydrogen (secondary N) is 3. The number of para-hydroxylation sites is 1. The molecule has 1 saturated heterocycles. The number of ether oxygens (including phenoxy) is 1. The zero-order valence-electron chi connectivity index (χ0n) is 20.3. The van der Waals surface area contributed by atoms with Crippen molar-refractivity contribution in [3.63, 3.8) is 0 Å². The Hall–Kier alpha value is -3.36. The smallest absolute Gasteiger partial charge is 0.171 e. The van der Waals surface area contributed by atoms with Crippen molar-refractivity contribution in [1.82, 2.24) is 15.6 Å². The number of anilines is 2. The standard InChI is InChI=1S/C28H33N5O2S/c29-27-22(16-31-28(36)32-20-7-2-1-3-8-20)21(19-6-5-13-30-15-19)14-23(33-27)26-24(34)9-4-10-25(26)35-17-18-11-12-18/h1-4,7-10,14,18-19,30,34H,5-6,11-13,15-17H2,(H2,29,33)(H2,31,32,36). The molecule has 2 heterocycles. The molecule has 1 aliphatic carbocycles. The van der Waals surface area contributed by atoms with Crippen LogP contribution >= 0.6 is 12.2 Å². The van der Waals surface area contributed by atoms with Gasteiger partial charge < -0.3 is 31.5 Å². The molecule has 0 radical (unpaired) electrons. The number of phenols is 1. The minimum Gasteiger partial charge on any atom is -0.507 e. The van der Waals surface area contributed by atoms with E-state index in [0.717, 1.165) is 42.7 Å². The summed E-state index contributed by atoms with van der Waals surface area (Å²) in [5, 5.41) is 21.3. The van der Waals surface area contributed by atoms with E-state index in [0.29, 0.717) is 47.0 Å². The molecule has 0 bridgehead atoms. The van der Waals surface area contributed by atoms with Crippen molar-refractivity contribution in [3.05, 3.63) is 65.7 Å². The normalized spacial score (nSPS) is 17.4. The maximum absolute atomic E-state index is 10.8. The number of aromatic nitrogens is 1. The summed E-state index contributed by atoms with van der Waals surface area (Å²) in [6, 6.07) is 17.2. The number of nitrogen functional groups attached to an aromatic ring is 1. The van der Waals surface area contributed by atoms with Crippen LogP contribution in [0.1, 0.15) is 42.7 Å². The molecule has 0 spiro atoms. The summed E-state index contributed by atoms with van der Waals surface area (Å²) >= 11 is 5.52. The first-order chi connectivity index (χ1) is 17.6. The van der Waals surface area contributed by atoms with E-state index in [2.05, 4.69) is 22.0 Å². The third-order valence-electron chi connectivity index (χ3n) is 6.82. The summed E-state index contributed by atoms with van der Waals surface area (Å²) in [6.45, 7) is 2.99. The molecule has 36 heavy (non-hydrogen) atoms. The highest BCUT2D eigenvalue weighted by atomic mass is 32.1. The minimum atomic E-state index is 0.141. The van der Waals surface area contributed by atoms with Gasteiger partial charge in [-0.15, -0.1) is 0 Å². The Morgan fingerprint density at radius 1 is 1.14 bits per heavy atom. The predicted octanol–water partition coefficient (Wildman–Crippen LogP) is 4.78. The molecule has 188 valence electrons. The third-order valence-corrected chi connectivity index (χ3v) is 7.06. The Balaban J connectivity index is 1.44. The topological polar surface area (TPSA) is 104 Å². The van der Waals surface area contributed by atoms with Crippen molar-refractivity contribution < 1.29 is 9.84 Å². The van der Waals surface area contributed by atoms with Gasteiger partial charge in [0, 0.05) is 24.3 Å². The molecule has 1 unspecified atom stereocenters. The molecule has 6 N–H and O–H groups in total. The Morgan fingerprint density at radius 3 is 2.72 bits per heavy atom. The lowest BCUT2D eigenvalue weighted by Gasteiger charge is -2.27. The molecular weight excluding hydrogens is 470 g/mol. The fourth-order valence-electron chi connectivity index (χ4n) is 4.67. The van der Waals surface area contributed by atoms with Crippen LogP contribution in [0, 0.1) is 5.92 Å². The number of hydrogen-bond donors (Lipinski definition) is 5. The van der Waals surface area contributed by atoms with Crippen molar-refractivity contribution in [2.75, 3.05) is 30.7 Å². The summed E-state index contributed by atoms with van der Waals surface area (Å²) in [6.07, 6.45) is 4.54. The summed E-state index contributed by atoms with van der Waals surface area (Å²) in [5.74, 6) is 2.10. The van der Waals surface area contributed by atoms with Crippen molar-refractivity contribution >= 4 is 28.8 Å². The second-order valence-corrected chi connectivity index (χ2v) is 9.99. The average Bonchev–Trinajstić information content (AvgIpc) is 3.72. The zero-order chi connectivity index (χ0) is 24.9. The molecule has 2 aliphatic rings. The molecule has 3 aromatic rings. The van der Waals surface area contributed by atoms with Gasteiger partial charge in [-0.2, -0.15) is 0 Å². The molecule has 8 heteroatoms. The van der Waals surface area contributed by atoms with E-state index >= 15 is 0 Å². The van der Waals surface area contributed by atoms with Gasteiger partial charge in [0.05, 0.1) is 17.9 Å².